The maximum atomic E-state index is 12.1. The Balaban J connectivity index is 2.42. The molecule has 1 aromatic heterocycles. The van der Waals surface area contributed by atoms with Crippen molar-refractivity contribution in [3.8, 4) is 17.0 Å². The molecule has 0 saturated heterocycles. The Morgan fingerprint density at radius 2 is 1.80 bits per heavy atom. The predicted octanol–water partition coefficient (Wildman–Crippen LogP) is 3.65. The van der Waals surface area contributed by atoms with E-state index in [1.165, 1.54) is 0 Å². The largest absolute Gasteiger partial charge is 0.505 e. The lowest BCUT2D eigenvalue weighted by molar-refractivity contribution is 0.00665. The Bertz CT molecular complexity index is 621. The minimum absolute atomic E-state index is 0.0667. The molecule has 2 N–H and O–H groups in total. The zero-order chi connectivity index (χ0) is 14.9. The number of aromatic hydroxyl groups is 1. The Morgan fingerprint density at radius 1 is 1.20 bits per heavy atom. The number of aromatic amines is 1. The van der Waals surface area contributed by atoms with Gasteiger partial charge in [-0.25, -0.2) is 4.79 Å². The summed E-state index contributed by atoms with van der Waals surface area (Å²) in [5.74, 6) is -0.589. The SMILES string of the molecule is Cc1[nH]c(-c2ccccc2)c(O)c1C(=O)OC(C)(C)C. The molecule has 1 heterocycles. The van der Waals surface area contributed by atoms with Gasteiger partial charge in [-0.15, -0.1) is 0 Å². The molecule has 106 valence electrons. The van der Waals surface area contributed by atoms with Crippen molar-refractivity contribution in [1.82, 2.24) is 4.98 Å². The van der Waals surface area contributed by atoms with Crippen molar-refractivity contribution in [2.75, 3.05) is 0 Å². The fourth-order valence-electron chi connectivity index (χ4n) is 2.00. The van der Waals surface area contributed by atoms with E-state index in [9.17, 15) is 9.90 Å². The van der Waals surface area contributed by atoms with Crippen LogP contribution in [0.4, 0.5) is 0 Å². The molecule has 0 aliphatic rings. The molecule has 0 radical (unpaired) electrons. The molecule has 0 fully saturated rings. The summed E-state index contributed by atoms with van der Waals surface area (Å²) < 4.78 is 5.32. The third-order valence-electron chi connectivity index (χ3n) is 2.83. The standard InChI is InChI=1S/C16H19NO3/c1-10-12(15(19)20-16(2,3)4)14(18)13(17-10)11-8-6-5-7-9-11/h5-9,17-18H,1-4H3. The summed E-state index contributed by atoms with van der Waals surface area (Å²) in [4.78, 5) is 15.2. The van der Waals surface area contributed by atoms with Crippen molar-refractivity contribution >= 4 is 5.97 Å². The Hall–Kier alpha value is -2.23. The summed E-state index contributed by atoms with van der Waals surface area (Å²) >= 11 is 0. The van der Waals surface area contributed by atoms with Crippen LogP contribution in [0.5, 0.6) is 5.75 Å². The van der Waals surface area contributed by atoms with Gasteiger partial charge in [0.05, 0.1) is 5.69 Å². The van der Waals surface area contributed by atoms with Crippen molar-refractivity contribution in [3.63, 3.8) is 0 Å². The fraction of sp³-hybridized carbons (Fsp3) is 0.312. The van der Waals surface area contributed by atoms with Crippen molar-refractivity contribution in [2.45, 2.75) is 33.3 Å². The molecule has 0 aliphatic carbocycles. The van der Waals surface area contributed by atoms with Crippen LogP contribution < -0.4 is 0 Å². The van der Waals surface area contributed by atoms with Crippen LogP contribution in [0.25, 0.3) is 11.3 Å². The van der Waals surface area contributed by atoms with Crippen LogP contribution in [0, 0.1) is 6.92 Å². The summed E-state index contributed by atoms with van der Waals surface area (Å²) in [5, 5.41) is 10.3. The maximum absolute atomic E-state index is 12.1. The highest BCUT2D eigenvalue weighted by atomic mass is 16.6. The van der Waals surface area contributed by atoms with Crippen molar-refractivity contribution in [1.29, 1.82) is 0 Å². The molecule has 0 saturated carbocycles. The second-order valence-corrected chi connectivity index (χ2v) is 5.72. The summed E-state index contributed by atoms with van der Waals surface area (Å²) in [6.45, 7) is 7.12. The minimum atomic E-state index is -0.597. The Kier molecular flexibility index (Phi) is 3.57. The summed E-state index contributed by atoms with van der Waals surface area (Å²) in [7, 11) is 0. The number of carbonyl (C=O) groups is 1. The van der Waals surface area contributed by atoms with Crippen LogP contribution in [-0.4, -0.2) is 21.7 Å². The molecule has 0 amide bonds. The first-order chi connectivity index (χ1) is 9.29. The number of aromatic nitrogens is 1. The van der Waals surface area contributed by atoms with Gasteiger partial charge in [0.1, 0.15) is 11.2 Å². The monoisotopic (exact) mass is 273 g/mol. The Morgan fingerprint density at radius 3 is 2.35 bits per heavy atom. The number of aryl methyl sites for hydroxylation is 1. The molecule has 20 heavy (non-hydrogen) atoms. The number of hydrogen-bond donors (Lipinski definition) is 2. The van der Waals surface area contributed by atoms with Crippen LogP contribution in [0.1, 0.15) is 36.8 Å². The zero-order valence-electron chi connectivity index (χ0n) is 12.2. The lowest BCUT2D eigenvalue weighted by Gasteiger charge is -2.19. The summed E-state index contributed by atoms with van der Waals surface area (Å²) in [6, 6.07) is 9.37. The molecule has 4 nitrogen and oxygen atoms in total. The molecule has 0 unspecified atom stereocenters. The molecule has 4 heteroatoms. The van der Waals surface area contributed by atoms with Crippen LogP contribution in [0.3, 0.4) is 0 Å². The van der Waals surface area contributed by atoms with Gasteiger partial charge in [-0.1, -0.05) is 30.3 Å². The first kappa shape index (κ1) is 14.2. The number of rotatable bonds is 2. The molecule has 0 spiro atoms. The van der Waals surface area contributed by atoms with E-state index in [0.29, 0.717) is 11.4 Å². The number of esters is 1. The molecular weight excluding hydrogens is 254 g/mol. The molecule has 0 aliphatic heterocycles. The third-order valence-corrected chi connectivity index (χ3v) is 2.83. The zero-order valence-corrected chi connectivity index (χ0v) is 12.2. The van der Waals surface area contributed by atoms with E-state index < -0.39 is 11.6 Å². The topological polar surface area (TPSA) is 62.3 Å². The molecule has 0 atom stereocenters. The van der Waals surface area contributed by atoms with E-state index in [4.69, 9.17) is 4.74 Å². The summed E-state index contributed by atoms with van der Waals surface area (Å²) in [5.41, 5.74) is 1.54. The third kappa shape index (κ3) is 2.85. The summed E-state index contributed by atoms with van der Waals surface area (Å²) in [6.07, 6.45) is 0. The number of H-pyrrole nitrogens is 1. The number of ether oxygens (including phenoxy) is 1. The van der Waals surface area contributed by atoms with Crippen molar-refractivity contribution < 1.29 is 14.6 Å². The molecule has 2 rings (SSSR count). The van der Waals surface area contributed by atoms with Crippen LogP contribution in [0.2, 0.25) is 0 Å². The van der Waals surface area contributed by atoms with Gasteiger partial charge >= 0.3 is 5.97 Å². The average molecular weight is 273 g/mol. The van der Waals surface area contributed by atoms with Gasteiger partial charge in [0, 0.05) is 11.3 Å². The van der Waals surface area contributed by atoms with E-state index in [1.54, 1.807) is 27.7 Å². The maximum Gasteiger partial charge on any atom is 0.344 e. The molecule has 0 bridgehead atoms. The van der Waals surface area contributed by atoms with E-state index in [-0.39, 0.29) is 11.3 Å². The van der Waals surface area contributed by atoms with Gasteiger partial charge in [-0.3, -0.25) is 0 Å². The van der Waals surface area contributed by atoms with Gasteiger partial charge in [-0.2, -0.15) is 0 Å². The Labute approximate surface area is 118 Å². The van der Waals surface area contributed by atoms with Crippen molar-refractivity contribution in [2.24, 2.45) is 0 Å². The van der Waals surface area contributed by atoms with Gasteiger partial charge in [0.25, 0.3) is 0 Å². The first-order valence-corrected chi connectivity index (χ1v) is 6.50. The quantitative estimate of drug-likeness (QED) is 0.821. The molecule has 1 aromatic carbocycles. The van der Waals surface area contributed by atoms with E-state index in [2.05, 4.69) is 4.98 Å². The number of hydrogen-bond acceptors (Lipinski definition) is 3. The number of benzene rings is 1. The van der Waals surface area contributed by atoms with E-state index in [0.717, 1.165) is 5.56 Å². The van der Waals surface area contributed by atoms with Gasteiger partial charge in [0.15, 0.2) is 5.75 Å². The minimum Gasteiger partial charge on any atom is -0.505 e. The lowest BCUT2D eigenvalue weighted by Crippen LogP contribution is -2.24. The van der Waals surface area contributed by atoms with Gasteiger partial charge in [0.2, 0.25) is 0 Å². The number of carbonyl (C=O) groups excluding carboxylic acids is 1. The normalized spacial score (nSPS) is 11.4. The first-order valence-electron chi connectivity index (χ1n) is 6.50. The highest BCUT2D eigenvalue weighted by Crippen LogP contribution is 2.34. The van der Waals surface area contributed by atoms with Crippen LogP contribution in [0.15, 0.2) is 30.3 Å². The highest BCUT2D eigenvalue weighted by Gasteiger charge is 2.26. The van der Waals surface area contributed by atoms with Crippen molar-refractivity contribution in [3.05, 3.63) is 41.6 Å². The molecule has 2 aromatic rings. The smallest absolute Gasteiger partial charge is 0.344 e. The average Bonchev–Trinajstić information content (AvgIpc) is 2.64. The van der Waals surface area contributed by atoms with Gasteiger partial charge in [-0.05, 0) is 27.7 Å². The molecular formula is C16H19NO3. The second-order valence-electron chi connectivity index (χ2n) is 5.72. The fourth-order valence-corrected chi connectivity index (χ4v) is 2.00. The second kappa shape index (κ2) is 5.04. The van der Waals surface area contributed by atoms with Gasteiger partial charge < -0.3 is 14.8 Å². The van der Waals surface area contributed by atoms with E-state index in [1.807, 2.05) is 30.3 Å². The van der Waals surface area contributed by atoms with E-state index >= 15 is 0 Å². The predicted molar refractivity (Wildman–Crippen MR) is 77.8 cm³/mol. The van der Waals surface area contributed by atoms with Crippen LogP contribution >= 0.6 is 0 Å². The number of nitrogens with one attached hydrogen (secondary N) is 1. The van der Waals surface area contributed by atoms with Crippen LogP contribution in [-0.2, 0) is 4.74 Å². The lowest BCUT2D eigenvalue weighted by atomic mass is 10.1. The highest BCUT2D eigenvalue weighted by molar-refractivity contribution is 5.97.